The highest BCUT2D eigenvalue weighted by Gasteiger charge is 2.33. The Morgan fingerprint density at radius 1 is 1.18 bits per heavy atom. The summed E-state index contributed by atoms with van der Waals surface area (Å²) in [7, 11) is -3.91. The van der Waals surface area contributed by atoms with Gasteiger partial charge in [0, 0.05) is 18.2 Å². The van der Waals surface area contributed by atoms with Crippen LogP contribution in [0, 0.1) is 16.0 Å². The van der Waals surface area contributed by atoms with Gasteiger partial charge in [-0.1, -0.05) is 43.3 Å². The Balaban J connectivity index is 2.07. The second kappa shape index (κ2) is 8.81. The van der Waals surface area contributed by atoms with Gasteiger partial charge in [0.2, 0.25) is 0 Å². The fraction of sp³-hybridized carbons (Fsp3) is 0.400. The van der Waals surface area contributed by atoms with Crippen molar-refractivity contribution in [2.75, 3.05) is 5.75 Å². The third-order valence-electron chi connectivity index (χ3n) is 4.70. The van der Waals surface area contributed by atoms with Crippen molar-refractivity contribution in [3.05, 3.63) is 70.3 Å². The molecular formula is C20H26N2O5S. The first-order valence-corrected chi connectivity index (χ1v) is 10.6. The summed E-state index contributed by atoms with van der Waals surface area (Å²) in [6, 6.07) is 14.2. The van der Waals surface area contributed by atoms with E-state index in [1.165, 1.54) is 25.1 Å². The van der Waals surface area contributed by atoms with E-state index in [1.54, 1.807) is 0 Å². The molecule has 0 spiro atoms. The standard InChI is InChI=1S/C20H26N2O5S/c1-15(11-16-7-4-3-5-8-16)19(21)13-20(2,23)14-28(26,27)18-10-6-9-17(12-18)22(24)25/h3-10,12,15,19,23H,11,13-14,21H2,1-2H3/t15-,19+,20?/m1/s1. The van der Waals surface area contributed by atoms with Gasteiger partial charge in [0.05, 0.1) is 21.2 Å². The van der Waals surface area contributed by atoms with Gasteiger partial charge in [0.1, 0.15) is 0 Å². The highest BCUT2D eigenvalue weighted by molar-refractivity contribution is 7.91. The quantitative estimate of drug-likeness (QED) is 0.487. The Kier molecular flexibility index (Phi) is 6.92. The van der Waals surface area contributed by atoms with Crippen LogP contribution in [0.15, 0.2) is 59.5 Å². The molecule has 0 aliphatic carbocycles. The first-order valence-electron chi connectivity index (χ1n) is 8.99. The molecule has 0 amide bonds. The summed E-state index contributed by atoms with van der Waals surface area (Å²) in [5, 5.41) is 21.6. The number of sulfone groups is 1. The molecule has 2 aromatic carbocycles. The molecule has 7 nitrogen and oxygen atoms in total. The lowest BCUT2D eigenvalue weighted by atomic mass is 9.87. The zero-order chi connectivity index (χ0) is 20.9. The van der Waals surface area contributed by atoms with Gasteiger partial charge in [-0.15, -0.1) is 0 Å². The van der Waals surface area contributed by atoms with E-state index in [4.69, 9.17) is 5.73 Å². The van der Waals surface area contributed by atoms with Crippen molar-refractivity contribution in [3.8, 4) is 0 Å². The lowest BCUT2D eigenvalue weighted by Crippen LogP contribution is -2.43. The SMILES string of the molecule is C[C@H](Cc1ccccc1)[C@@H](N)CC(C)(O)CS(=O)(=O)c1cccc([N+](=O)[O-])c1. The van der Waals surface area contributed by atoms with Crippen molar-refractivity contribution >= 4 is 15.5 Å². The molecular weight excluding hydrogens is 380 g/mol. The Labute approximate surface area is 165 Å². The molecule has 0 heterocycles. The second-order valence-corrected chi connectivity index (χ2v) is 9.54. The van der Waals surface area contributed by atoms with Gasteiger partial charge in [-0.2, -0.15) is 0 Å². The van der Waals surface area contributed by atoms with Crippen LogP contribution in [-0.2, 0) is 16.3 Å². The van der Waals surface area contributed by atoms with Crippen LogP contribution in [0.2, 0.25) is 0 Å². The van der Waals surface area contributed by atoms with E-state index in [0.29, 0.717) is 0 Å². The van der Waals surface area contributed by atoms with Crippen LogP contribution in [0.4, 0.5) is 5.69 Å². The topological polar surface area (TPSA) is 124 Å². The van der Waals surface area contributed by atoms with E-state index in [0.717, 1.165) is 18.1 Å². The van der Waals surface area contributed by atoms with Crippen LogP contribution in [0.5, 0.6) is 0 Å². The largest absolute Gasteiger partial charge is 0.389 e. The lowest BCUT2D eigenvalue weighted by Gasteiger charge is -2.29. The Morgan fingerprint density at radius 3 is 2.43 bits per heavy atom. The predicted molar refractivity (Wildman–Crippen MR) is 108 cm³/mol. The maximum absolute atomic E-state index is 12.6. The minimum atomic E-state index is -3.91. The van der Waals surface area contributed by atoms with Crippen molar-refractivity contribution in [1.82, 2.24) is 0 Å². The summed E-state index contributed by atoms with van der Waals surface area (Å²) in [5.74, 6) is -0.526. The van der Waals surface area contributed by atoms with Crippen LogP contribution in [-0.4, -0.2) is 35.8 Å². The number of non-ortho nitro benzene ring substituents is 1. The van der Waals surface area contributed by atoms with Gasteiger partial charge < -0.3 is 10.8 Å². The summed E-state index contributed by atoms with van der Waals surface area (Å²) in [5.41, 5.74) is 5.48. The first-order chi connectivity index (χ1) is 13.0. The number of nitro groups is 1. The predicted octanol–water partition coefficient (Wildman–Crippen LogP) is 2.72. The minimum absolute atomic E-state index is 0.0365. The van der Waals surface area contributed by atoms with E-state index in [1.807, 2.05) is 37.3 Å². The van der Waals surface area contributed by atoms with Crippen molar-refractivity contribution < 1.29 is 18.4 Å². The van der Waals surface area contributed by atoms with Crippen LogP contribution in [0.1, 0.15) is 25.8 Å². The number of hydrogen-bond donors (Lipinski definition) is 2. The van der Waals surface area contributed by atoms with Gasteiger partial charge in [0.15, 0.2) is 9.84 Å². The van der Waals surface area contributed by atoms with Crippen LogP contribution in [0.25, 0.3) is 0 Å². The second-order valence-electron chi connectivity index (χ2n) is 7.55. The summed E-state index contributed by atoms with van der Waals surface area (Å²) >= 11 is 0. The fourth-order valence-corrected chi connectivity index (χ4v) is 4.88. The van der Waals surface area contributed by atoms with Crippen molar-refractivity contribution in [3.63, 3.8) is 0 Å². The molecule has 2 aromatic rings. The van der Waals surface area contributed by atoms with Crippen LogP contribution < -0.4 is 5.73 Å². The maximum Gasteiger partial charge on any atom is 0.270 e. The fourth-order valence-electron chi connectivity index (χ4n) is 3.19. The molecule has 3 atom stereocenters. The van der Waals surface area contributed by atoms with Gasteiger partial charge in [-0.3, -0.25) is 10.1 Å². The first kappa shape index (κ1) is 22.0. The number of nitro benzene ring substituents is 1. The third kappa shape index (κ3) is 6.12. The number of hydrogen-bond acceptors (Lipinski definition) is 6. The molecule has 0 aliphatic heterocycles. The van der Waals surface area contributed by atoms with Gasteiger partial charge in [-0.25, -0.2) is 8.42 Å². The Hall–Kier alpha value is -2.29. The van der Waals surface area contributed by atoms with E-state index in [9.17, 15) is 23.6 Å². The summed E-state index contributed by atoms with van der Waals surface area (Å²) in [6.07, 6.45) is 0.810. The monoisotopic (exact) mass is 406 g/mol. The molecule has 2 rings (SSSR count). The molecule has 1 unspecified atom stereocenters. The molecule has 0 radical (unpaired) electrons. The van der Waals surface area contributed by atoms with E-state index < -0.39 is 32.2 Å². The molecule has 0 saturated heterocycles. The minimum Gasteiger partial charge on any atom is -0.389 e. The van der Waals surface area contributed by atoms with E-state index in [-0.39, 0.29) is 22.9 Å². The molecule has 0 saturated carbocycles. The van der Waals surface area contributed by atoms with Crippen molar-refractivity contribution in [2.24, 2.45) is 11.7 Å². The highest BCUT2D eigenvalue weighted by Crippen LogP contribution is 2.25. The van der Waals surface area contributed by atoms with E-state index in [2.05, 4.69) is 0 Å². The zero-order valence-electron chi connectivity index (χ0n) is 16.0. The smallest absolute Gasteiger partial charge is 0.270 e. The highest BCUT2D eigenvalue weighted by atomic mass is 32.2. The maximum atomic E-state index is 12.6. The van der Waals surface area contributed by atoms with Crippen LogP contribution >= 0.6 is 0 Å². The molecule has 0 bridgehead atoms. The molecule has 28 heavy (non-hydrogen) atoms. The van der Waals surface area contributed by atoms with E-state index >= 15 is 0 Å². The molecule has 8 heteroatoms. The summed E-state index contributed by atoms with van der Waals surface area (Å²) in [4.78, 5) is 10.0. The average Bonchev–Trinajstić information content (AvgIpc) is 2.61. The number of benzene rings is 2. The van der Waals surface area contributed by atoms with Crippen molar-refractivity contribution in [1.29, 1.82) is 0 Å². The molecule has 0 fully saturated rings. The van der Waals surface area contributed by atoms with Gasteiger partial charge in [0.25, 0.3) is 5.69 Å². The lowest BCUT2D eigenvalue weighted by molar-refractivity contribution is -0.385. The molecule has 152 valence electrons. The van der Waals surface area contributed by atoms with Crippen LogP contribution in [0.3, 0.4) is 0 Å². The molecule has 3 N–H and O–H groups in total. The number of rotatable bonds is 9. The molecule has 0 aromatic heterocycles. The zero-order valence-corrected chi connectivity index (χ0v) is 16.8. The molecule has 0 aliphatic rings. The van der Waals surface area contributed by atoms with Crippen molar-refractivity contribution in [2.45, 2.75) is 43.2 Å². The number of nitrogens with two attached hydrogens (primary N) is 1. The number of aliphatic hydroxyl groups is 1. The Bertz CT molecular complexity index is 913. The van der Waals surface area contributed by atoms with Gasteiger partial charge >= 0.3 is 0 Å². The normalized spacial score (nSPS) is 16.1. The summed E-state index contributed by atoms with van der Waals surface area (Å²) < 4.78 is 25.3. The number of nitrogens with zero attached hydrogens (tertiary/aromatic N) is 1. The van der Waals surface area contributed by atoms with Gasteiger partial charge in [-0.05, 0) is 37.3 Å². The third-order valence-corrected chi connectivity index (χ3v) is 6.67. The Morgan fingerprint density at radius 2 is 1.82 bits per heavy atom. The summed E-state index contributed by atoms with van der Waals surface area (Å²) in [6.45, 7) is 3.39. The average molecular weight is 407 g/mol.